The normalized spacial score (nSPS) is 23.5. The Balaban J connectivity index is 1.16. The fourth-order valence-electron chi connectivity index (χ4n) is 6.06. The maximum absolute atomic E-state index is 12.9. The molecule has 3 aliphatic rings. The van der Waals surface area contributed by atoms with E-state index in [0.717, 1.165) is 36.3 Å². The maximum atomic E-state index is 12.9. The molecule has 0 saturated carbocycles. The Labute approximate surface area is 241 Å². The van der Waals surface area contributed by atoms with Crippen LogP contribution in [-0.2, 0) is 27.5 Å². The SMILES string of the molecule is Cc1ccc(CC(=O)N=C2S[C@@H]3CS(=O)(=O)C[C@@H]3N2c2ccc(N3CCC(Cc4ccccc4)CC3)cc2)cc1. The smallest absolute Gasteiger partial charge is 0.252 e. The standard InChI is InChI=1S/C32H35N3O3S2/c1-23-7-9-25(10-8-23)20-31(36)33-32-35(29-21-40(37,38)22-30(29)39-32)28-13-11-27(12-14-28)34-17-15-26(16-18-34)19-24-5-3-2-4-6-24/h2-14,26,29-30H,15-22H2,1H3/t29-,30+/m0/s1. The first kappa shape index (κ1) is 27.1. The summed E-state index contributed by atoms with van der Waals surface area (Å²) in [6, 6.07) is 26.8. The number of hydrogen-bond donors (Lipinski definition) is 0. The van der Waals surface area contributed by atoms with Crippen LogP contribution in [0.5, 0.6) is 0 Å². The lowest BCUT2D eigenvalue weighted by atomic mass is 9.90. The lowest BCUT2D eigenvalue weighted by molar-refractivity contribution is -0.117. The minimum Gasteiger partial charge on any atom is -0.372 e. The summed E-state index contributed by atoms with van der Waals surface area (Å²) in [6.07, 6.45) is 3.70. The van der Waals surface area contributed by atoms with Gasteiger partial charge in [-0.2, -0.15) is 4.99 Å². The highest BCUT2D eigenvalue weighted by atomic mass is 32.2. The van der Waals surface area contributed by atoms with Crippen LogP contribution in [-0.4, -0.2) is 55.4 Å². The Morgan fingerprint density at radius 3 is 2.25 bits per heavy atom. The van der Waals surface area contributed by atoms with E-state index in [4.69, 9.17) is 0 Å². The van der Waals surface area contributed by atoms with Gasteiger partial charge in [-0.15, -0.1) is 0 Å². The Morgan fingerprint density at radius 1 is 0.875 bits per heavy atom. The molecule has 6 rings (SSSR count). The maximum Gasteiger partial charge on any atom is 0.252 e. The molecule has 3 aliphatic heterocycles. The number of carbonyl (C=O) groups is 1. The number of anilines is 2. The molecule has 3 saturated heterocycles. The summed E-state index contributed by atoms with van der Waals surface area (Å²) in [7, 11) is -3.11. The summed E-state index contributed by atoms with van der Waals surface area (Å²) in [5.41, 5.74) is 5.55. The monoisotopic (exact) mass is 573 g/mol. The third-order valence-corrected chi connectivity index (χ3v) is 11.4. The van der Waals surface area contributed by atoms with Crippen LogP contribution in [0, 0.1) is 12.8 Å². The lowest BCUT2D eigenvalue weighted by Gasteiger charge is -2.34. The van der Waals surface area contributed by atoms with Crippen molar-refractivity contribution >= 4 is 44.0 Å². The topological polar surface area (TPSA) is 70.0 Å². The van der Waals surface area contributed by atoms with Gasteiger partial charge in [-0.25, -0.2) is 8.42 Å². The van der Waals surface area contributed by atoms with Crippen molar-refractivity contribution in [2.24, 2.45) is 10.9 Å². The number of sulfone groups is 1. The van der Waals surface area contributed by atoms with Gasteiger partial charge in [-0.05, 0) is 67.5 Å². The Morgan fingerprint density at radius 2 is 1.55 bits per heavy atom. The number of rotatable bonds is 6. The summed E-state index contributed by atoms with van der Waals surface area (Å²) < 4.78 is 24.9. The largest absolute Gasteiger partial charge is 0.372 e. The number of thioether (sulfide) groups is 1. The van der Waals surface area contributed by atoms with Crippen molar-refractivity contribution in [1.29, 1.82) is 0 Å². The number of amidine groups is 1. The first-order chi connectivity index (χ1) is 19.3. The second-order valence-electron chi connectivity index (χ2n) is 11.3. The summed E-state index contributed by atoms with van der Waals surface area (Å²) in [6.45, 7) is 4.07. The molecule has 2 atom stereocenters. The van der Waals surface area contributed by atoms with Gasteiger partial charge in [0, 0.05) is 29.7 Å². The average molecular weight is 574 g/mol. The van der Waals surface area contributed by atoms with Gasteiger partial charge in [0.15, 0.2) is 15.0 Å². The van der Waals surface area contributed by atoms with E-state index >= 15 is 0 Å². The van der Waals surface area contributed by atoms with Crippen LogP contribution in [0.2, 0.25) is 0 Å². The molecule has 0 aliphatic carbocycles. The first-order valence-electron chi connectivity index (χ1n) is 14.1. The van der Waals surface area contributed by atoms with Crippen molar-refractivity contribution in [1.82, 2.24) is 0 Å². The number of aryl methyl sites for hydroxylation is 1. The first-order valence-corrected chi connectivity index (χ1v) is 16.8. The van der Waals surface area contributed by atoms with E-state index < -0.39 is 9.84 Å². The van der Waals surface area contributed by atoms with Gasteiger partial charge in [0.05, 0.1) is 24.0 Å². The third-order valence-electron chi connectivity index (χ3n) is 8.24. The van der Waals surface area contributed by atoms with Crippen molar-refractivity contribution in [3.05, 3.63) is 95.6 Å². The summed E-state index contributed by atoms with van der Waals surface area (Å²) in [5.74, 6) is 0.707. The van der Waals surface area contributed by atoms with Crippen molar-refractivity contribution in [3.8, 4) is 0 Å². The molecule has 0 radical (unpaired) electrons. The summed E-state index contributed by atoms with van der Waals surface area (Å²) in [4.78, 5) is 21.9. The second-order valence-corrected chi connectivity index (χ2v) is 14.6. The molecule has 0 aromatic heterocycles. The highest BCUT2D eigenvalue weighted by Crippen LogP contribution is 2.41. The van der Waals surface area contributed by atoms with Crippen LogP contribution in [0.1, 0.15) is 29.5 Å². The molecule has 3 aromatic carbocycles. The van der Waals surface area contributed by atoms with Crippen LogP contribution in [0.15, 0.2) is 83.9 Å². The number of fused-ring (bicyclic) bond motifs is 1. The molecule has 3 aromatic rings. The lowest BCUT2D eigenvalue weighted by Crippen LogP contribution is -2.38. The fraction of sp³-hybridized carbons (Fsp3) is 0.375. The van der Waals surface area contributed by atoms with Crippen LogP contribution in [0.25, 0.3) is 0 Å². The predicted octanol–water partition coefficient (Wildman–Crippen LogP) is 5.30. The van der Waals surface area contributed by atoms with Crippen LogP contribution in [0.3, 0.4) is 0 Å². The van der Waals surface area contributed by atoms with Gasteiger partial charge >= 0.3 is 0 Å². The van der Waals surface area contributed by atoms with Gasteiger partial charge in [0.25, 0.3) is 5.91 Å². The van der Waals surface area contributed by atoms with Crippen molar-refractivity contribution in [3.63, 3.8) is 0 Å². The Hall–Kier alpha value is -3.10. The van der Waals surface area contributed by atoms with Crippen molar-refractivity contribution < 1.29 is 13.2 Å². The molecule has 3 heterocycles. The zero-order chi connectivity index (χ0) is 27.7. The molecule has 0 spiro atoms. The second kappa shape index (κ2) is 11.4. The molecule has 8 heteroatoms. The molecule has 6 nitrogen and oxygen atoms in total. The number of benzene rings is 3. The number of hydrogen-bond acceptors (Lipinski definition) is 5. The summed E-state index contributed by atoms with van der Waals surface area (Å²) >= 11 is 1.43. The Bertz CT molecular complexity index is 1480. The zero-order valence-electron chi connectivity index (χ0n) is 22.8. The molecular weight excluding hydrogens is 539 g/mol. The van der Waals surface area contributed by atoms with Crippen molar-refractivity contribution in [2.75, 3.05) is 34.4 Å². The fourth-order valence-corrected chi connectivity index (χ4v) is 9.99. The van der Waals surface area contributed by atoms with E-state index in [1.165, 1.54) is 35.9 Å². The number of carbonyl (C=O) groups excluding carboxylic acids is 1. The van der Waals surface area contributed by atoms with Crippen LogP contribution in [0.4, 0.5) is 11.4 Å². The number of amides is 1. The quantitative estimate of drug-likeness (QED) is 0.399. The zero-order valence-corrected chi connectivity index (χ0v) is 24.4. The van der Waals surface area contributed by atoms with Crippen LogP contribution < -0.4 is 9.80 Å². The van der Waals surface area contributed by atoms with Crippen molar-refractivity contribution in [2.45, 2.75) is 43.9 Å². The highest BCUT2D eigenvalue weighted by molar-refractivity contribution is 8.16. The van der Waals surface area contributed by atoms with Gasteiger partial charge in [0.2, 0.25) is 0 Å². The molecule has 3 fully saturated rings. The molecule has 0 bridgehead atoms. The average Bonchev–Trinajstić information content (AvgIpc) is 3.41. The van der Waals surface area contributed by atoms with E-state index in [0.29, 0.717) is 11.1 Å². The van der Waals surface area contributed by atoms with Gasteiger partial charge in [-0.1, -0.05) is 71.9 Å². The van der Waals surface area contributed by atoms with Crippen LogP contribution >= 0.6 is 11.8 Å². The van der Waals surface area contributed by atoms with Gasteiger partial charge in [0.1, 0.15) is 0 Å². The molecular formula is C32H35N3O3S2. The minimum atomic E-state index is -3.11. The molecule has 1 amide bonds. The van der Waals surface area contributed by atoms with E-state index in [1.807, 2.05) is 36.1 Å². The van der Waals surface area contributed by atoms with Gasteiger partial charge < -0.3 is 9.80 Å². The molecule has 0 N–H and O–H groups in total. The third kappa shape index (κ3) is 6.13. The molecule has 40 heavy (non-hydrogen) atoms. The number of nitrogens with zero attached hydrogens (tertiary/aromatic N) is 3. The minimum absolute atomic E-state index is 0.0898. The molecule has 0 unspecified atom stereocenters. The summed E-state index contributed by atoms with van der Waals surface area (Å²) in [5, 5.41) is 0.496. The number of aliphatic imine (C=N–C) groups is 1. The van der Waals surface area contributed by atoms with Gasteiger partial charge in [-0.3, -0.25) is 4.79 Å². The van der Waals surface area contributed by atoms with E-state index in [9.17, 15) is 13.2 Å². The predicted molar refractivity (Wildman–Crippen MR) is 165 cm³/mol. The van der Waals surface area contributed by atoms with E-state index in [2.05, 4.69) is 64.5 Å². The highest BCUT2D eigenvalue weighted by Gasteiger charge is 2.49. The Kier molecular flexibility index (Phi) is 7.73. The van der Waals surface area contributed by atoms with E-state index in [1.54, 1.807) is 0 Å². The number of piperidine rings is 1. The molecule has 208 valence electrons. The van der Waals surface area contributed by atoms with E-state index in [-0.39, 0.29) is 35.1 Å².